The molecular formula is C19H26O3. The van der Waals surface area contributed by atoms with Crippen molar-refractivity contribution in [3.63, 3.8) is 0 Å². The van der Waals surface area contributed by atoms with E-state index in [4.69, 9.17) is 4.74 Å². The van der Waals surface area contributed by atoms with Gasteiger partial charge in [-0.25, -0.2) is 0 Å². The van der Waals surface area contributed by atoms with Crippen LogP contribution in [0.5, 0.6) is 5.75 Å². The first-order valence-corrected chi connectivity index (χ1v) is 8.57. The van der Waals surface area contributed by atoms with Crippen molar-refractivity contribution in [2.75, 3.05) is 7.11 Å². The van der Waals surface area contributed by atoms with Crippen molar-refractivity contribution in [1.29, 1.82) is 0 Å². The fourth-order valence-corrected chi connectivity index (χ4v) is 5.67. The molecule has 0 saturated heterocycles. The Balaban J connectivity index is 1.69. The van der Waals surface area contributed by atoms with E-state index in [2.05, 4.69) is 25.1 Å². The van der Waals surface area contributed by atoms with E-state index in [0.29, 0.717) is 17.8 Å². The Morgan fingerprint density at radius 3 is 2.82 bits per heavy atom. The number of aliphatic hydroxyl groups is 2. The maximum atomic E-state index is 10.4. The minimum Gasteiger partial charge on any atom is -0.497 e. The van der Waals surface area contributed by atoms with Crippen molar-refractivity contribution in [3.05, 3.63) is 29.3 Å². The van der Waals surface area contributed by atoms with E-state index in [1.54, 1.807) is 7.11 Å². The van der Waals surface area contributed by atoms with E-state index in [9.17, 15) is 10.2 Å². The number of ether oxygens (including phenoxy) is 1. The summed E-state index contributed by atoms with van der Waals surface area (Å²) in [4.78, 5) is 0. The molecule has 3 aliphatic carbocycles. The van der Waals surface area contributed by atoms with Gasteiger partial charge in [0.2, 0.25) is 0 Å². The van der Waals surface area contributed by atoms with Gasteiger partial charge in [-0.05, 0) is 78.5 Å². The fraction of sp³-hybridized carbons (Fsp3) is 0.684. The van der Waals surface area contributed by atoms with Crippen molar-refractivity contribution in [3.8, 4) is 5.75 Å². The number of methoxy groups -OCH3 is 1. The average molecular weight is 302 g/mol. The predicted octanol–water partition coefficient (Wildman–Crippen LogP) is 2.88. The second kappa shape index (κ2) is 4.97. The second-order valence-corrected chi connectivity index (χ2v) is 7.77. The van der Waals surface area contributed by atoms with Crippen LogP contribution in [0.4, 0.5) is 0 Å². The van der Waals surface area contributed by atoms with Gasteiger partial charge < -0.3 is 14.9 Å². The number of hydrogen-bond donors (Lipinski definition) is 2. The summed E-state index contributed by atoms with van der Waals surface area (Å²) in [5.41, 5.74) is 2.82. The van der Waals surface area contributed by atoms with Crippen molar-refractivity contribution < 1.29 is 14.9 Å². The fourth-order valence-electron chi connectivity index (χ4n) is 5.67. The summed E-state index contributed by atoms with van der Waals surface area (Å²) in [5, 5.41) is 20.6. The number of aryl methyl sites for hydroxylation is 1. The van der Waals surface area contributed by atoms with Crippen molar-refractivity contribution in [2.45, 2.75) is 57.2 Å². The van der Waals surface area contributed by atoms with Gasteiger partial charge in [-0.2, -0.15) is 0 Å². The van der Waals surface area contributed by atoms with Gasteiger partial charge in [0, 0.05) is 0 Å². The van der Waals surface area contributed by atoms with E-state index in [1.807, 2.05) is 0 Å². The Labute approximate surface area is 132 Å². The van der Waals surface area contributed by atoms with Crippen molar-refractivity contribution in [2.24, 2.45) is 17.3 Å². The van der Waals surface area contributed by atoms with Crippen LogP contribution in [0.1, 0.15) is 49.7 Å². The molecule has 0 amide bonds. The zero-order valence-electron chi connectivity index (χ0n) is 13.5. The Hall–Kier alpha value is -1.06. The Morgan fingerprint density at radius 2 is 2.05 bits per heavy atom. The topological polar surface area (TPSA) is 49.7 Å². The summed E-state index contributed by atoms with van der Waals surface area (Å²) in [5.74, 6) is 2.59. The molecule has 0 bridgehead atoms. The molecule has 2 N–H and O–H groups in total. The maximum Gasteiger partial charge on any atom is 0.119 e. The third-order valence-corrected chi connectivity index (χ3v) is 6.91. The lowest BCUT2D eigenvalue weighted by Gasteiger charge is -2.49. The lowest BCUT2D eigenvalue weighted by molar-refractivity contribution is -0.0505. The molecule has 2 fully saturated rings. The summed E-state index contributed by atoms with van der Waals surface area (Å²) >= 11 is 0. The van der Waals surface area contributed by atoms with Crippen LogP contribution in [0, 0.1) is 17.3 Å². The Bertz CT molecular complexity index is 584. The van der Waals surface area contributed by atoms with Crippen LogP contribution in [0.25, 0.3) is 0 Å². The Morgan fingerprint density at radius 1 is 1.23 bits per heavy atom. The summed E-state index contributed by atoms with van der Waals surface area (Å²) in [6, 6.07) is 6.51. The van der Waals surface area contributed by atoms with Gasteiger partial charge in [-0.3, -0.25) is 0 Å². The molecule has 4 unspecified atom stereocenters. The zero-order chi connectivity index (χ0) is 15.5. The molecule has 4 rings (SSSR count). The third-order valence-electron chi connectivity index (χ3n) is 6.91. The normalized spacial score (nSPS) is 43.2. The summed E-state index contributed by atoms with van der Waals surface area (Å²) in [7, 11) is 1.72. The van der Waals surface area contributed by atoms with Crippen LogP contribution >= 0.6 is 0 Å². The summed E-state index contributed by atoms with van der Waals surface area (Å²) < 4.78 is 5.36. The molecule has 1 aromatic rings. The molecule has 0 radical (unpaired) electrons. The standard InChI is InChI=1S/C19H26O3/c1-19-8-7-14-13-6-4-12(22-2)9-11(13)3-5-15(14)16(19)10-17(20)18(19)21/h4,6,9,14-18,20-21H,3,5,7-8,10H2,1-2H3/t14?,15?,16?,17-,18-,19?/m1/s1. The number of rotatable bonds is 1. The number of hydrogen-bond acceptors (Lipinski definition) is 3. The molecule has 3 nitrogen and oxygen atoms in total. The van der Waals surface area contributed by atoms with Gasteiger partial charge >= 0.3 is 0 Å². The monoisotopic (exact) mass is 302 g/mol. The molecule has 0 aromatic heterocycles. The van der Waals surface area contributed by atoms with Gasteiger partial charge in [-0.1, -0.05) is 13.0 Å². The minimum atomic E-state index is -0.546. The first kappa shape index (κ1) is 14.5. The quantitative estimate of drug-likeness (QED) is 0.838. The molecule has 2 saturated carbocycles. The van der Waals surface area contributed by atoms with E-state index in [0.717, 1.165) is 31.4 Å². The highest BCUT2D eigenvalue weighted by atomic mass is 16.5. The van der Waals surface area contributed by atoms with Crippen molar-refractivity contribution in [1.82, 2.24) is 0 Å². The number of aliphatic hydroxyl groups excluding tert-OH is 2. The predicted molar refractivity (Wildman–Crippen MR) is 85.0 cm³/mol. The highest BCUT2D eigenvalue weighted by Gasteiger charge is 2.57. The highest BCUT2D eigenvalue weighted by Crippen LogP contribution is 2.60. The molecular weight excluding hydrogens is 276 g/mol. The smallest absolute Gasteiger partial charge is 0.119 e. The summed E-state index contributed by atoms with van der Waals surface area (Å²) in [6.07, 6.45) is 4.09. The van der Waals surface area contributed by atoms with Gasteiger partial charge in [0.15, 0.2) is 0 Å². The van der Waals surface area contributed by atoms with Crippen LogP contribution in [0.2, 0.25) is 0 Å². The Kier molecular flexibility index (Phi) is 3.28. The minimum absolute atomic E-state index is 0.0927. The molecule has 120 valence electrons. The average Bonchev–Trinajstić information content (AvgIpc) is 2.77. The zero-order valence-corrected chi connectivity index (χ0v) is 13.5. The number of fused-ring (bicyclic) bond motifs is 5. The molecule has 6 atom stereocenters. The van der Waals surface area contributed by atoms with Crippen LogP contribution in [0.3, 0.4) is 0 Å². The summed E-state index contributed by atoms with van der Waals surface area (Å²) in [6.45, 7) is 2.19. The highest BCUT2D eigenvalue weighted by molar-refractivity contribution is 5.40. The van der Waals surface area contributed by atoms with E-state index in [1.165, 1.54) is 17.5 Å². The third kappa shape index (κ3) is 1.88. The van der Waals surface area contributed by atoms with Crippen LogP contribution in [-0.2, 0) is 6.42 Å². The van der Waals surface area contributed by atoms with Crippen LogP contribution in [0.15, 0.2) is 18.2 Å². The van der Waals surface area contributed by atoms with Gasteiger partial charge in [-0.15, -0.1) is 0 Å². The van der Waals surface area contributed by atoms with Gasteiger partial charge in [0.25, 0.3) is 0 Å². The lowest BCUT2D eigenvalue weighted by Crippen LogP contribution is -2.44. The molecule has 0 aliphatic heterocycles. The van der Waals surface area contributed by atoms with E-state index in [-0.39, 0.29) is 5.41 Å². The molecule has 3 heteroatoms. The largest absolute Gasteiger partial charge is 0.497 e. The maximum absolute atomic E-state index is 10.4. The first-order valence-electron chi connectivity index (χ1n) is 8.57. The molecule has 22 heavy (non-hydrogen) atoms. The van der Waals surface area contributed by atoms with E-state index >= 15 is 0 Å². The molecule has 0 heterocycles. The van der Waals surface area contributed by atoms with Gasteiger partial charge in [0.05, 0.1) is 19.3 Å². The molecule has 0 spiro atoms. The van der Waals surface area contributed by atoms with Crippen molar-refractivity contribution >= 4 is 0 Å². The van der Waals surface area contributed by atoms with Crippen LogP contribution < -0.4 is 4.74 Å². The second-order valence-electron chi connectivity index (χ2n) is 7.77. The first-order chi connectivity index (χ1) is 10.5. The van der Waals surface area contributed by atoms with E-state index < -0.39 is 12.2 Å². The molecule has 1 aromatic carbocycles. The van der Waals surface area contributed by atoms with Gasteiger partial charge in [0.1, 0.15) is 5.75 Å². The molecule has 3 aliphatic rings. The lowest BCUT2D eigenvalue weighted by atomic mass is 9.55. The van der Waals surface area contributed by atoms with Crippen LogP contribution in [-0.4, -0.2) is 29.5 Å². The number of benzene rings is 1. The SMILES string of the molecule is COc1ccc2c(c1)CCC1C2CCC2(C)C1C[C@@H](O)[C@H]2O.